The van der Waals surface area contributed by atoms with Crippen LogP contribution in [0.5, 0.6) is 5.75 Å². The number of hydrogen-bond acceptors (Lipinski definition) is 3. The van der Waals surface area contributed by atoms with Crippen molar-refractivity contribution in [2.45, 2.75) is 39.2 Å². The molecular weight excluding hydrogens is 296 g/mol. The van der Waals surface area contributed by atoms with Crippen LogP contribution in [-0.2, 0) is 6.42 Å². The van der Waals surface area contributed by atoms with Gasteiger partial charge in [-0.05, 0) is 73.7 Å². The highest BCUT2D eigenvalue weighted by atomic mass is 16.5. The fraction of sp³-hybridized carbons (Fsp3) is 0.429. The van der Waals surface area contributed by atoms with Crippen molar-refractivity contribution in [2.75, 3.05) is 30.4 Å². The Kier molecular flexibility index (Phi) is 3.67. The van der Waals surface area contributed by atoms with E-state index in [2.05, 4.69) is 61.3 Å². The molecule has 0 amide bonds. The molecule has 1 heterocycles. The molecule has 2 atom stereocenters. The number of anilines is 2. The normalized spacial score (nSPS) is 20.2. The Morgan fingerprint density at radius 2 is 1.92 bits per heavy atom. The zero-order valence-electron chi connectivity index (χ0n) is 15.0. The Morgan fingerprint density at radius 1 is 1.12 bits per heavy atom. The summed E-state index contributed by atoms with van der Waals surface area (Å²) in [5.74, 6) is 1.49. The number of rotatable bonds is 4. The van der Waals surface area contributed by atoms with Gasteiger partial charge in [0.25, 0.3) is 0 Å². The first-order chi connectivity index (χ1) is 11.7. The van der Waals surface area contributed by atoms with Crippen molar-refractivity contribution in [3.8, 4) is 5.75 Å². The van der Waals surface area contributed by atoms with Crippen molar-refractivity contribution in [3.05, 3.63) is 52.6 Å². The van der Waals surface area contributed by atoms with Gasteiger partial charge in [0.2, 0.25) is 0 Å². The van der Waals surface area contributed by atoms with Crippen molar-refractivity contribution in [2.24, 2.45) is 0 Å². The number of benzene rings is 2. The molecule has 0 fully saturated rings. The molecule has 0 radical (unpaired) electrons. The monoisotopic (exact) mass is 322 g/mol. The Hall–Kier alpha value is -2.16. The van der Waals surface area contributed by atoms with Crippen molar-refractivity contribution >= 4 is 11.4 Å². The maximum absolute atomic E-state index is 5.49. The average molecular weight is 322 g/mol. The molecule has 2 aromatic rings. The predicted molar refractivity (Wildman–Crippen MR) is 101 cm³/mol. The van der Waals surface area contributed by atoms with Crippen LogP contribution in [0, 0.1) is 6.92 Å². The van der Waals surface area contributed by atoms with Gasteiger partial charge in [0.05, 0.1) is 13.2 Å². The van der Waals surface area contributed by atoms with E-state index in [1.807, 2.05) is 0 Å². The number of methoxy groups -OCH3 is 1. The van der Waals surface area contributed by atoms with Crippen LogP contribution in [0.4, 0.5) is 11.4 Å². The summed E-state index contributed by atoms with van der Waals surface area (Å²) in [4.78, 5) is 2.42. The summed E-state index contributed by atoms with van der Waals surface area (Å²) in [6.45, 7) is 8.72. The molecule has 0 saturated carbocycles. The van der Waals surface area contributed by atoms with E-state index in [1.165, 1.54) is 33.6 Å². The van der Waals surface area contributed by atoms with Gasteiger partial charge in [-0.3, -0.25) is 0 Å². The number of nitrogens with one attached hydrogen (secondary N) is 1. The number of aryl methyl sites for hydroxylation is 1. The molecule has 0 bridgehead atoms. The van der Waals surface area contributed by atoms with Gasteiger partial charge in [-0.25, -0.2) is 0 Å². The first-order valence-electron chi connectivity index (χ1n) is 8.99. The zero-order valence-corrected chi connectivity index (χ0v) is 15.0. The highest BCUT2D eigenvalue weighted by Crippen LogP contribution is 2.53. The van der Waals surface area contributed by atoms with Gasteiger partial charge in [-0.2, -0.15) is 0 Å². The van der Waals surface area contributed by atoms with Crippen molar-refractivity contribution in [1.82, 2.24) is 0 Å². The first-order valence-corrected chi connectivity index (χ1v) is 8.99. The lowest BCUT2D eigenvalue weighted by molar-refractivity contribution is 0.414. The van der Waals surface area contributed by atoms with Crippen LogP contribution in [-0.4, -0.2) is 20.2 Å². The van der Waals surface area contributed by atoms with E-state index in [4.69, 9.17) is 4.74 Å². The quantitative estimate of drug-likeness (QED) is 0.886. The number of hydrogen-bond donors (Lipinski definition) is 1. The Bertz CT molecular complexity index is 780. The van der Waals surface area contributed by atoms with E-state index in [0.717, 1.165) is 25.3 Å². The van der Waals surface area contributed by atoms with Crippen LogP contribution in [0.3, 0.4) is 0 Å². The van der Waals surface area contributed by atoms with Crippen molar-refractivity contribution < 1.29 is 4.74 Å². The van der Waals surface area contributed by atoms with Gasteiger partial charge in [0.15, 0.2) is 0 Å². The highest BCUT2D eigenvalue weighted by molar-refractivity contribution is 5.70. The van der Waals surface area contributed by atoms with E-state index in [0.29, 0.717) is 12.0 Å². The summed E-state index contributed by atoms with van der Waals surface area (Å²) in [6.07, 6.45) is 1.11. The molecule has 4 rings (SSSR count). The molecule has 24 heavy (non-hydrogen) atoms. The summed E-state index contributed by atoms with van der Waals surface area (Å²) < 4.78 is 5.49. The molecule has 0 spiro atoms. The minimum absolute atomic E-state index is 0.409. The van der Waals surface area contributed by atoms with Gasteiger partial charge >= 0.3 is 0 Å². The predicted octanol–water partition coefficient (Wildman–Crippen LogP) is 4.66. The molecule has 1 aliphatic carbocycles. The van der Waals surface area contributed by atoms with Crippen molar-refractivity contribution in [1.29, 1.82) is 0 Å². The number of nitrogens with zero attached hydrogens (tertiary/aromatic N) is 1. The molecule has 1 N–H and O–H groups in total. The van der Waals surface area contributed by atoms with Gasteiger partial charge in [-0.1, -0.05) is 6.07 Å². The molecule has 3 nitrogen and oxygen atoms in total. The van der Waals surface area contributed by atoms with Crippen LogP contribution in [0.15, 0.2) is 30.3 Å². The molecule has 2 unspecified atom stereocenters. The Morgan fingerprint density at radius 3 is 2.62 bits per heavy atom. The minimum Gasteiger partial charge on any atom is -0.497 e. The lowest BCUT2D eigenvalue weighted by atomic mass is 9.94. The molecule has 2 aliphatic rings. The SMILES string of the molecule is CCN(CC)c1ccc2c(c1)CC1c3cc(OC)cc(C)c3NC21. The maximum atomic E-state index is 5.49. The number of fused-ring (bicyclic) bond motifs is 5. The highest BCUT2D eigenvalue weighted by Gasteiger charge is 2.40. The topological polar surface area (TPSA) is 24.5 Å². The second kappa shape index (κ2) is 5.73. The summed E-state index contributed by atoms with van der Waals surface area (Å²) in [5.41, 5.74) is 8.31. The van der Waals surface area contributed by atoms with Crippen LogP contribution >= 0.6 is 0 Å². The molecule has 1 aliphatic heterocycles. The largest absolute Gasteiger partial charge is 0.497 e. The maximum Gasteiger partial charge on any atom is 0.119 e. The van der Waals surface area contributed by atoms with E-state index in [-0.39, 0.29) is 0 Å². The summed E-state index contributed by atoms with van der Waals surface area (Å²) in [5, 5.41) is 3.78. The lowest BCUT2D eigenvalue weighted by Crippen LogP contribution is -2.21. The fourth-order valence-electron chi connectivity index (χ4n) is 4.44. The van der Waals surface area contributed by atoms with E-state index in [9.17, 15) is 0 Å². The average Bonchev–Trinajstić information content (AvgIpc) is 3.12. The van der Waals surface area contributed by atoms with E-state index < -0.39 is 0 Å². The van der Waals surface area contributed by atoms with Crippen LogP contribution < -0.4 is 15.0 Å². The molecule has 2 aromatic carbocycles. The van der Waals surface area contributed by atoms with Crippen LogP contribution in [0.1, 0.15) is 48.1 Å². The summed E-state index contributed by atoms with van der Waals surface area (Å²) in [6, 6.07) is 11.8. The second-order valence-corrected chi connectivity index (χ2v) is 6.90. The zero-order chi connectivity index (χ0) is 16.8. The van der Waals surface area contributed by atoms with Gasteiger partial charge in [-0.15, -0.1) is 0 Å². The third-order valence-electron chi connectivity index (χ3n) is 5.71. The van der Waals surface area contributed by atoms with Gasteiger partial charge in [0.1, 0.15) is 5.75 Å². The van der Waals surface area contributed by atoms with E-state index >= 15 is 0 Å². The minimum atomic E-state index is 0.409. The number of ether oxygens (including phenoxy) is 1. The Labute approximate surface area is 144 Å². The van der Waals surface area contributed by atoms with E-state index in [1.54, 1.807) is 7.11 Å². The van der Waals surface area contributed by atoms with Crippen LogP contribution in [0.25, 0.3) is 0 Å². The molecule has 0 saturated heterocycles. The standard InChI is InChI=1S/C21H26N2O/c1-5-23(6-2)15-7-8-17-14(10-15)11-18-19-12-16(24-4)9-13(3)20(19)22-21(17)18/h7-10,12,18,21-22H,5-6,11H2,1-4H3. The van der Waals surface area contributed by atoms with Crippen molar-refractivity contribution in [3.63, 3.8) is 0 Å². The Balaban J connectivity index is 1.71. The lowest BCUT2D eigenvalue weighted by Gasteiger charge is -2.22. The molecule has 126 valence electrons. The smallest absolute Gasteiger partial charge is 0.119 e. The first kappa shape index (κ1) is 15.4. The third-order valence-corrected chi connectivity index (χ3v) is 5.71. The molecule has 0 aromatic heterocycles. The van der Waals surface area contributed by atoms with Gasteiger partial charge in [0, 0.05) is 30.4 Å². The molecule has 3 heteroatoms. The fourth-order valence-corrected chi connectivity index (χ4v) is 4.44. The van der Waals surface area contributed by atoms with Crippen LogP contribution in [0.2, 0.25) is 0 Å². The summed E-state index contributed by atoms with van der Waals surface area (Å²) >= 11 is 0. The molecular formula is C21H26N2O. The second-order valence-electron chi connectivity index (χ2n) is 6.90. The third kappa shape index (κ3) is 2.18. The van der Waals surface area contributed by atoms with Gasteiger partial charge < -0.3 is 15.0 Å². The summed E-state index contributed by atoms with van der Waals surface area (Å²) in [7, 11) is 1.75.